The van der Waals surface area contributed by atoms with E-state index in [1.807, 2.05) is 25.1 Å². The van der Waals surface area contributed by atoms with Gasteiger partial charge < -0.3 is 5.11 Å². The molecule has 0 amide bonds. The second kappa shape index (κ2) is 8.55. The van der Waals surface area contributed by atoms with Crippen molar-refractivity contribution in [1.82, 2.24) is 0 Å². The van der Waals surface area contributed by atoms with Crippen LogP contribution in [-0.2, 0) is 6.42 Å². The predicted molar refractivity (Wildman–Crippen MR) is 77.4 cm³/mol. The van der Waals surface area contributed by atoms with E-state index in [2.05, 4.69) is 30.9 Å². The molecule has 1 N–H and O–H groups in total. The number of benzene rings is 1. The Balaban J connectivity index is 2.78. The molecule has 0 aliphatic rings. The maximum absolute atomic E-state index is 8.88. The molecule has 0 aliphatic heterocycles. The van der Waals surface area contributed by atoms with Gasteiger partial charge in [-0.05, 0) is 31.4 Å². The zero-order valence-electron chi connectivity index (χ0n) is 11.4. The van der Waals surface area contributed by atoms with Gasteiger partial charge in [-0.2, -0.15) is 0 Å². The van der Waals surface area contributed by atoms with E-state index >= 15 is 0 Å². The highest BCUT2D eigenvalue weighted by Crippen LogP contribution is 2.12. The quantitative estimate of drug-likeness (QED) is 0.474. The van der Waals surface area contributed by atoms with E-state index in [1.54, 1.807) is 0 Å². The van der Waals surface area contributed by atoms with Gasteiger partial charge in [0, 0.05) is 12.0 Å². The van der Waals surface area contributed by atoms with Gasteiger partial charge in [0.1, 0.15) is 0 Å². The van der Waals surface area contributed by atoms with Gasteiger partial charge in [-0.1, -0.05) is 55.0 Å². The zero-order valence-corrected chi connectivity index (χ0v) is 11.4. The maximum atomic E-state index is 8.88. The van der Waals surface area contributed by atoms with Crippen LogP contribution in [0.1, 0.15) is 44.2 Å². The third-order valence-electron chi connectivity index (χ3n) is 2.80. The first-order valence-corrected chi connectivity index (χ1v) is 6.61. The summed E-state index contributed by atoms with van der Waals surface area (Å²) in [6.07, 6.45) is 6.03. The molecule has 0 saturated carbocycles. The molecule has 1 aromatic rings. The van der Waals surface area contributed by atoms with Crippen molar-refractivity contribution in [3.63, 3.8) is 0 Å². The van der Waals surface area contributed by atoms with Gasteiger partial charge >= 0.3 is 0 Å². The van der Waals surface area contributed by atoms with Crippen molar-refractivity contribution in [2.24, 2.45) is 0 Å². The third-order valence-corrected chi connectivity index (χ3v) is 2.80. The molecular weight excluding hydrogens is 220 g/mol. The molecule has 18 heavy (non-hydrogen) atoms. The molecule has 0 bridgehead atoms. The van der Waals surface area contributed by atoms with Crippen LogP contribution in [0.4, 0.5) is 0 Å². The Kier molecular flexibility index (Phi) is 6.91. The fraction of sp³-hybridized carbons (Fsp3) is 0.412. The molecule has 0 saturated heterocycles. The standard InChI is InChI=1S/C17H22O/c1-3-4-5-6-9-16-10-7-8-11-17(16)14-15(2)12-13-18/h7-8,10-12,18H,3-5,13-14H2,1-2H3/b15-12+. The summed E-state index contributed by atoms with van der Waals surface area (Å²) in [4.78, 5) is 0. The molecular formula is C17H22O. The first kappa shape index (κ1) is 14.5. The van der Waals surface area contributed by atoms with Gasteiger partial charge in [-0.3, -0.25) is 0 Å². The molecule has 0 radical (unpaired) electrons. The van der Waals surface area contributed by atoms with E-state index in [-0.39, 0.29) is 6.61 Å². The summed E-state index contributed by atoms with van der Waals surface area (Å²) in [5, 5.41) is 8.88. The van der Waals surface area contributed by atoms with Crippen LogP contribution < -0.4 is 0 Å². The molecule has 1 aromatic carbocycles. The maximum Gasteiger partial charge on any atom is 0.0615 e. The molecule has 1 heteroatoms. The summed E-state index contributed by atoms with van der Waals surface area (Å²) in [6.45, 7) is 4.33. The highest BCUT2D eigenvalue weighted by molar-refractivity contribution is 5.42. The lowest BCUT2D eigenvalue weighted by atomic mass is 10.0. The minimum absolute atomic E-state index is 0.107. The van der Waals surface area contributed by atoms with Crippen molar-refractivity contribution in [2.75, 3.05) is 6.61 Å². The monoisotopic (exact) mass is 242 g/mol. The zero-order chi connectivity index (χ0) is 13.2. The summed E-state index contributed by atoms with van der Waals surface area (Å²) in [5.41, 5.74) is 3.53. The van der Waals surface area contributed by atoms with E-state index in [9.17, 15) is 0 Å². The molecule has 1 rings (SSSR count). The van der Waals surface area contributed by atoms with Crippen LogP contribution in [0.3, 0.4) is 0 Å². The van der Waals surface area contributed by atoms with Gasteiger partial charge in [-0.15, -0.1) is 0 Å². The number of hydrogen-bond acceptors (Lipinski definition) is 1. The largest absolute Gasteiger partial charge is 0.392 e. The lowest BCUT2D eigenvalue weighted by molar-refractivity contribution is 0.341. The highest BCUT2D eigenvalue weighted by Gasteiger charge is 1.99. The topological polar surface area (TPSA) is 20.2 Å². The third kappa shape index (κ3) is 5.21. The molecule has 0 spiro atoms. The number of unbranched alkanes of at least 4 members (excludes halogenated alkanes) is 2. The number of aliphatic hydroxyl groups excluding tert-OH is 1. The van der Waals surface area contributed by atoms with Crippen LogP contribution in [-0.4, -0.2) is 11.7 Å². The van der Waals surface area contributed by atoms with Crippen molar-refractivity contribution in [1.29, 1.82) is 0 Å². The normalized spacial score (nSPS) is 10.9. The molecule has 0 aliphatic carbocycles. The lowest BCUT2D eigenvalue weighted by Gasteiger charge is -2.04. The Morgan fingerprint density at radius 1 is 1.33 bits per heavy atom. The Hall–Kier alpha value is -1.52. The van der Waals surface area contributed by atoms with Gasteiger partial charge in [0.25, 0.3) is 0 Å². The van der Waals surface area contributed by atoms with Crippen LogP contribution in [0.2, 0.25) is 0 Å². The fourth-order valence-corrected chi connectivity index (χ4v) is 1.75. The van der Waals surface area contributed by atoms with Crippen molar-refractivity contribution in [3.8, 4) is 11.8 Å². The van der Waals surface area contributed by atoms with E-state index in [0.29, 0.717) is 0 Å². The minimum Gasteiger partial charge on any atom is -0.392 e. The average Bonchev–Trinajstić information content (AvgIpc) is 2.37. The number of allylic oxidation sites excluding steroid dienone is 1. The molecule has 0 fully saturated rings. The summed E-state index contributed by atoms with van der Waals surface area (Å²) >= 11 is 0. The lowest BCUT2D eigenvalue weighted by Crippen LogP contribution is -1.92. The fourth-order valence-electron chi connectivity index (χ4n) is 1.75. The van der Waals surface area contributed by atoms with Crippen LogP contribution in [0.5, 0.6) is 0 Å². The smallest absolute Gasteiger partial charge is 0.0615 e. The SMILES string of the molecule is CCCCC#Cc1ccccc1C/C(C)=C/CO. The first-order valence-electron chi connectivity index (χ1n) is 6.61. The highest BCUT2D eigenvalue weighted by atomic mass is 16.2. The van der Waals surface area contributed by atoms with E-state index in [0.717, 1.165) is 18.4 Å². The summed E-state index contributed by atoms with van der Waals surface area (Å²) in [6, 6.07) is 8.25. The van der Waals surface area contributed by atoms with E-state index in [1.165, 1.54) is 24.0 Å². The second-order valence-electron chi connectivity index (χ2n) is 4.47. The molecule has 1 nitrogen and oxygen atoms in total. The summed E-state index contributed by atoms with van der Waals surface area (Å²) in [5.74, 6) is 6.49. The Morgan fingerprint density at radius 2 is 2.11 bits per heavy atom. The molecule has 0 atom stereocenters. The van der Waals surface area contributed by atoms with Gasteiger partial charge in [0.15, 0.2) is 0 Å². The Morgan fingerprint density at radius 3 is 2.83 bits per heavy atom. The van der Waals surface area contributed by atoms with Gasteiger partial charge in [-0.25, -0.2) is 0 Å². The van der Waals surface area contributed by atoms with Crippen LogP contribution in [0, 0.1) is 11.8 Å². The minimum atomic E-state index is 0.107. The Labute approximate surface area is 111 Å². The molecule has 0 heterocycles. The number of rotatable bonds is 5. The van der Waals surface area contributed by atoms with Crippen molar-refractivity contribution < 1.29 is 5.11 Å². The molecule has 0 aromatic heterocycles. The van der Waals surface area contributed by atoms with Crippen molar-refractivity contribution in [2.45, 2.75) is 39.5 Å². The van der Waals surface area contributed by atoms with Crippen LogP contribution in [0.15, 0.2) is 35.9 Å². The second-order valence-corrected chi connectivity index (χ2v) is 4.47. The molecule has 96 valence electrons. The van der Waals surface area contributed by atoms with Crippen LogP contribution >= 0.6 is 0 Å². The average molecular weight is 242 g/mol. The van der Waals surface area contributed by atoms with E-state index < -0.39 is 0 Å². The van der Waals surface area contributed by atoms with Crippen molar-refractivity contribution in [3.05, 3.63) is 47.0 Å². The van der Waals surface area contributed by atoms with E-state index in [4.69, 9.17) is 5.11 Å². The molecule has 0 unspecified atom stereocenters. The Bertz CT molecular complexity index is 446. The van der Waals surface area contributed by atoms with Gasteiger partial charge in [0.2, 0.25) is 0 Å². The summed E-state index contributed by atoms with van der Waals surface area (Å²) < 4.78 is 0. The number of aliphatic hydroxyl groups is 1. The number of hydrogen-bond donors (Lipinski definition) is 1. The predicted octanol–water partition coefficient (Wildman–Crippen LogP) is 3.71. The van der Waals surface area contributed by atoms with Crippen LogP contribution in [0.25, 0.3) is 0 Å². The first-order chi connectivity index (χ1) is 8.77. The van der Waals surface area contributed by atoms with Gasteiger partial charge in [0.05, 0.1) is 6.61 Å². The summed E-state index contributed by atoms with van der Waals surface area (Å²) in [7, 11) is 0. The van der Waals surface area contributed by atoms with Crippen molar-refractivity contribution >= 4 is 0 Å².